The van der Waals surface area contributed by atoms with E-state index in [1.54, 1.807) is 32.9 Å². The zero-order valence-electron chi connectivity index (χ0n) is 34.0. The number of phenols is 1. The first kappa shape index (κ1) is 59.3. The van der Waals surface area contributed by atoms with E-state index < -0.39 is 26.4 Å². The van der Waals surface area contributed by atoms with Crippen molar-refractivity contribution in [3.05, 3.63) is 46.5 Å². The Bertz CT molecular complexity index is 1410. The fourth-order valence-corrected chi connectivity index (χ4v) is 5.46. The van der Waals surface area contributed by atoms with E-state index in [1.807, 2.05) is 51.0 Å². The Labute approximate surface area is 449 Å². The number of alkyl halides is 1. The molecule has 0 saturated heterocycles. The van der Waals surface area contributed by atoms with Gasteiger partial charge >= 0.3 is 164 Å². The number of carbonyl (C=O) groups excluding carboxylic acids is 3. The van der Waals surface area contributed by atoms with Gasteiger partial charge in [0, 0.05) is 19.0 Å². The van der Waals surface area contributed by atoms with Crippen LogP contribution in [0.4, 0.5) is 0 Å². The Balaban J connectivity index is -0.000000363. The molecule has 2 aromatic carbocycles. The van der Waals surface area contributed by atoms with Crippen molar-refractivity contribution in [2.24, 2.45) is 0 Å². The molecule has 4 rings (SSSR count). The van der Waals surface area contributed by atoms with Gasteiger partial charge in [-0.25, -0.2) is 0 Å². The summed E-state index contributed by atoms with van der Waals surface area (Å²) in [5.74, 6) is 0.805. The maximum Gasteiger partial charge on any atom is 1.00 e. The maximum absolute atomic E-state index is 11.7. The maximum atomic E-state index is 11.7. The van der Waals surface area contributed by atoms with E-state index in [0.717, 1.165) is 41.2 Å². The molecule has 2 aromatic rings. The first-order valence-corrected chi connectivity index (χ1v) is 16.8. The SMILES string of the molecule is CCOC(=O)CC1OB(O)c2cc(O)cc(C)c21.CCOC(=O)CC1OB(O)c2cc(OCCN(C)C)cc(C)c21.CN(C)CCCl.Cl.O=CO[O-].[Cs+].[Cs+].[H-]. The molecule has 2 heterocycles. The van der Waals surface area contributed by atoms with Crippen LogP contribution in [0.25, 0.3) is 0 Å². The van der Waals surface area contributed by atoms with E-state index in [1.165, 1.54) is 6.07 Å². The van der Waals surface area contributed by atoms with E-state index in [0.29, 0.717) is 36.5 Å². The number of esters is 2. The summed E-state index contributed by atoms with van der Waals surface area (Å²) in [6.07, 6.45) is -0.840. The first-order chi connectivity index (χ1) is 24.1. The minimum Gasteiger partial charge on any atom is -1.00 e. The van der Waals surface area contributed by atoms with Crippen LogP contribution in [0, 0.1) is 13.8 Å². The summed E-state index contributed by atoms with van der Waals surface area (Å²) in [5.41, 5.74) is 4.52. The Morgan fingerprint density at radius 2 is 1.30 bits per heavy atom. The molecule has 2 aliphatic heterocycles. The summed E-state index contributed by atoms with van der Waals surface area (Å²) in [7, 11) is 5.82. The minimum absolute atomic E-state index is 0. The number of carbonyl (C=O) groups is 3. The zero-order valence-corrected chi connectivity index (χ0v) is 47.1. The smallest absolute Gasteiger partial charge is 1.00 e. The number of benzene rings is 2. The number of fused-ring (bicyclic) bond motifs is 2. The molecule has 0 aromatic heterocycles. The standard InChI is InChI=1S/C16H24BNO5.C12H15BO5.C4H10ClN.CH2O3.ClH.2Cs.H/c1-5-21-15(19)10-14-16-11(2)8-12(22-7-6-18(3)4)9-13(16)17(20)23-14;1-3-17-11(15)6-10-12-7(2)4-8(14)5-9(12)13(16)18-10;1-6(2)4-3-5;2-1-4-3;;;;/h8-9,14,20H,5-7,10H2,1-4H3;4-5,10,14,16H,3,6H2,1-2H3;3-4H2,1-2H3;1,3H;1H;;;/q;;;;;2*+1;-1/p-1. The van der Waals surface area contributed by atoms with Crippen molar-refractivity contribution in [3.63, 3.8) is 0 Å². The van der Waals surface area contributed by atoms with Gasteiger partial charge in [-0.2, -0.15) is 0 Å². The van der Waals surface area contributed by atoms with Gasteiger partial charge in [0.05, 0.1) is 38.3 Å². The summed E-state index contributed by atoms with van der Waals surface area (Å²) < 4.78 is 26.4. The Morgan fingerprint density at radius 1 is 0.870 bits per heavy atom. The quantitative estimate of drug-likeness (QED) is 0.0430. The van der Waals surface area contributed by atoms with Gasteiger partial charge in [0.2, 0.25) is 0 Å². The second-order valence-electron chi connectivity index (χ2n) is 11.8. The zero-order chi connectivity index (χ0) is 38.7. The van der Waals surface area contributed by atoms with E-state index in [2.05, 4.69) is 4.89 Å². The van der Waals surface area contributed by atoms with Crippen molar-refractivity contribution in [2.75, 3.05) is 67.0 Å². The molecule has 0 spiro atoms. The Hall–Kier alpha value is 0.984. The molecule has 21 heteroatoms. The molecule has 2 unspecified atom stereocenters. The van der Waals surface area contributed by atoms with Crippen molar-refractivity contribution in [1.29, 1.82) is 0 Å². The molecule has 0 fully saturated rings. The molecular formula is C33H52B2Cl2Cs2N2O13. The third kappa shape index (κ3) is 21.8. The van der Waals surface area contributed by atoms with Gasteiger partial charge in [-0.3, -0.25) is 14.4 Å². The van der Waals surface area contributed by atoms with E-state index >= 15 is 0 Å². The molecule has 0 aliphatic carbocycles. The first-order valence-electron chi connectivity index (χ1n) is 16.3. The number of hydrogen-bond donors (Lipinski definition) is 3. The molecule has 2 aliphatic rings. The van der Waals surface area contributed by atoms with E-state index in [9.17, 15) is 24.7 Å². The third-order valence-corrected chi connectivity index (χ3v) is 7.42. The van der Waals surface area contributed by atoms with Gasteiger partial charge in [-0.1, -0.05) is 0 Å². The fraction of sp³-hybridized carbons (Fsp3) is 0.545. The predicted molar refractivity (Wildman–Crippen MR) is 198 cm³/mol. The molecule has 2 atom stereocenters. The van der Waals surface area contributed by atoms with E-state index in [-0.39, 0.29) is 189 Å². The average Bonchev–Trinajstić information content (AvgIpc) is 3.52. The van der Waals surface area contributed by atoms with Crippen LogP contribution in [0.5, 0.6) is 11.5 Å². The number of ether oxygens (including phenoxy) is 3. The molecule has 0 bridgehead atoms. The van der Waals surface area contributed by atoms with Crippen LogP contribution in [0.3, 0.4) is 0 Å². The van der Waals surface area contributed by atoms with Crippen molar-refractivity contribution >= 4 is 67.6 Å². The number of likely N-dealkylation sites (N-methyl/N-ethyl adjacent to an activating group) is 1. The molecule has 54 heavy (non-hydrogen) atoms. The summed E-state index contributed by atoms with van der Waals surface area (Å²) in [4.78, 5) is 38.5. The predicted octanol–water partition coefficient (Wildman–Crippen LogP) is -5.18. The minimum atomic E-state index is -1.11. The molecule has 0 amide bonds. The molecule has 294 valence electrons. The van der Waals surface area contributed by atoms with Crippen LogP contribution >= 0.6 is 24.0 Å². The van der Waals surface area contributed by atoms with Crippen LogP contribution in [-0.2, 0) is 38.1 Å². The second kappa shape index (κ2) is 32.8. The fourth-order valence-electron chi connectivity index (χ4n) is 5.12. The number of nitrogens with zero attached hydrogens (tertiary/aromatic N) is 2. The molecule has 0 saturated carbocycles. The van der Waals surface area contributed by atoms with Gasteiger partial charge in [0.1, 0.15) is 18.1 Å². The Morgan fingerprint density at radius 3 is 1.67 bits per heavy atom. The number of phenolic OH excluding ortho intramolecular Hbond substituents is 1. The van der Waals surface area contributed by atoms with Crippen LogP contribution in [0.2, 0.25) is 0 Å². The normalized spacial score (nSPS) is 14.5. The molecule has 0 radical (unpaired) electrons. The van der Waals surface area contributed by atoms with E-state index in [4.69, 9.17) is 45.2 Å². The van der Waals surface area contributed by atoms with Crippen molar-refractivity contribution in [2.45, 2.75) is 52.7 Å². The Kier molecular flexibility index (Phi) is 36.0. The van der Waals surface area contributed by atoms with Crippen molar-refractivity contribution < 1.29 is 202 Å². The van der Waals surface area contributed by atoms with Crippen LogP contribution in [0.1, 0.15) is 62.6 Å². The summed E-state index contributed by atoms with van der Waals surface area (Å²) in [6, 6.07) is 6.73. The number of aromatic hydroxyl groups is 1. The van der Waals surface area contributed by atoms with Crippen LogP contribution < -0.4 is 159 Å². The number of hydrogen-bond acceptors (Lipinski definition) is 15. The van der Waals surface area contributed by atoms with Gasteiger partial charge in [0.15, 0.2) is 0 Å². The number of aryl methyl sites for hydroxylation is 2. The summed E-state index contributed by atoms with van der Waals surface area (Å²) in [6.45, 7) is 10.0. The second-order valence-corrected chi connectivity index (χ2v) is 12.2. The summed E-state index contributed by atoms with van der Waals surface area (Å²) >= 11 is 5.35. The van der Waals surface area contributed by atoms with Gasteiger partial charge < -0.3 is 60.0 Å². The molecular weight excluding hydrogens is 991 g/mol. The van der Waals surface area contributed by atoms with Gasteiger partial charge in [-0.15, -0.1) is 24.0 Å². The largest absolute Gasteiger partial charge is 1.00 e. The average molecular weight is 1040 g/mol. The molecule has 3 N–H and O–H groups in total. The van der Waals surface area contributed by atoms with Gasteiger partial charge in [-0.05, 0) is 113 Å². The van der Waals surface area contributed by atoms with Gasteiger partial charge in [0.25, 0.3) is 6.47 Å². The number of rotatable bonds is 13. The number of halogens is 2. The topological polar surface area (TPSA) is 197 Å². The van der Waals surface area contributed by atoms with Crippen molar-refractivity contribution in [3.8, 4) is 11.5 Å². The van der Waals surface area contributed by atoms with Crippen LogP contribution in [0.15, 0.2) is 24.3 Å². The third-order valence-electron chi connectivity index (χ3n) is 7.25. The van der Waals surface area contributed by atoms with Crippen molar-refractivity contribution in [1.82, 2.24) is 9.80 Å². The monoisotopic (exact) mass is 1040 g/mol. The van der Waals surface area contributed by atoms with Crippen LogP contribution in [-0.4, -0.2) is 125 Å². The molecule has 15 nitrogen and oxygen atoms in total. The summed E-state index contributed by atoms with van der Waals surface area (Å²) in [5, 5.41) is 37.8.